The molecule has 2 aromatic carbocycles. The Bertz CT molecular complexity index is 1330. The lowest BCUT2D eigenvalue weighted by atomic mass is 10.0. The van der Waals surface area contributed by atoms with Crippen LogP contribution in [0.1, 0.15) is 17.1 Å². The Balaban J connectivity index is 1.69. The number of phenols is 1. The molecular weight excluding hydrogens is 401 g/mol. The number of halogens is 1. The van der Waals surface area contributed by atoms with E-state index in [1.165, 1.54) is 26.4 Å². The Morgan fingerprint density at radius 3 is 2.45 bits per heavy atom. The van der Waals surface area contributed by atoms with Gasteiger partial charge in [-0.1, -0.05) is 6.07 Å². The van der Waals surface area contributed by atoms with Gasteiger partial charge in [-0.15, -0.1) is 0 Å². The summed E-state index contributed by atoms with van der Waals surface area (Å²) in [5.41, 5.74) is 2.17. The zero-order chi connectivity index (χ0) is 22.1. The number of aromatic hydroxyl groups is 1. The molecule has 0 aliphatic rings. The lowest BCUT2D eigenvalue weighted by Gasteiger charge is -2.10. The molecule has 31 heavy (non-hydrogen) atoms. The third-order valence-corrected chi connectivity index (χ3v) is 4.89. The van der Waals surface area contributed by atoms with E-state index in [9.17, 15) is 14.3 Å². The maximum Gasteiger partial charge on any atom is 0.258 e. The van der Waals surface area contributed by atoms with Crippen LogP contribution in [0.25, 0.3) is 22.2 Å². The van der Waals surface area contributed by atoms with Crippen LogP contribution in [0.2, 0.25) is 0 Å². The van der Waals surface area contributed by atoms with Crippen molar-refractivity contribution in [2.45, 2.75) is 13.3 Å². The number of ether oxygens (including phenoxy) is 2. The van der Waals surface area contributed by atoms with Crippen molar-refractivity contribution in [3.8, 4) is 28.5 Å². The zero-order valence-electron chi connectivity index (χ0n) is 17.2. The highest BCUT2D eigenvalue weighted by Crippen LogP contribution is 2.31. The van der Waals surface area contributed by atoms with Crippen LogP contribution < -0.4 is 15.0 Å². The normalized spacial score (nSPS) is 11.0. The first-order chi connectivity index (χ1) is 14.9. The monoisotopic (exact) mass is 421 g/mol. The Kier molecular flexibility index (Phi) is 5.29. The van der Waals surface area contributed by atoms with E-state index in [1.54, 1.807) is 37.3 Å². The van der Waals surface area contributed by atoms with Crippen LogP contribution >= 0.6 is 0 Å². The highest BCUT2D eigenvalue weighted by atomic mass is 19.1. The maximum absolute atomic E-state index is 13.7. The van der Waals surface area contributed by atoms with E-state index >= 15 is 0 Å². The lowest BCUT2D eigenvalue weighted by molar-refractivity contribution is 0.355. The minimum Gasteiger partial charge on any atom is -0.507 e. The van der Waals surface area contributed by atoms with Gasteiger partial charge in [-0.2, -0.15) is 0 Å². The molecule has 8 heteroatoms. The average molecular weight is 421 g/mol. The predicted molar refractivity (Wildman–Crippen MR) is 114 cm³/mol. The highest BCUT2D eigenvalue weighted by molar-refractivity contribution is 5.81. The zero-order valence-corrected chi connectivity index (χ0v) is 17.2. The first kappa shape index (κ1) is 20.3. The van der Waals surface area contributed by atoms with Crippen LogP contribution in [-0.4, -0.2) is 34.3 Å². The van der Waals surface area contributed by atoms with Gasteiger partial charge < -0.3 is 19.6 Å². The van der Waals surface area contributed by atoms with Gasteiger partial charge in [0, 0.05) is 29.8 Å². The fourth-order valence-corrected chi connectivity index (χ4v) is 3.46. The Morgan fingerprint density at radius 2 is 1.77 bits per heavy atom. The number of hydrogen-bond acceptors (Lipinski definition) is 6. The van der Waals surface area contributed by atoms with Gasteiger partial charge in [0.1, 0.15) is 17.4 Å². The minimum atomic E-state index is -0.420. The van der Waals surface area contributed by atoms with Gasteiger partial charge in [0.15, 0.2) is 11.5 Å². The van der Waals surface area contributed by atoms with Crippen LogP contribution in [0.3, 0.4) is 0 Å². The quantitative estimate of drug-likeness (QED) is 0.509. The number of methoxy groups -OCH3 is 2. The van der Waals surface area contributed by atoms with Crippen LogP contribution in [0.5, 0.6) is 17.2 Å². The molecule has 0 fully saturated rings. The number of hydrogen-bond donors (Lipinski definition) is 2. The number of benzene rings is 2. The third kappa shape index (κ3) is 4.05. The molecule has 0 saturated heterocycles. The number of aromatic amines is 1. The summed E-state index contributed by atoms with van der Waals surface area (Å²) in [5, 5.41) is 10.9. The molecule has 0 spiro atoms. The van der Waals surface area contributed by atoms with Crippen molar-refractivity contribution in [1.82, 2.24) is 15.0 Å². The second-order valence-electron chi connectivity index (χ2n) is 7.08. The van der Waals surface area contributed by atoms with Crippen molar-refractivity contribution in [1.29, 1.82) is 0 Å². The predicted octanol–water partition coefficient (Wildman–Crippen LogP) is 3.75. The summed E-state index contributed by atoms with van der Waals surface area (Å²) in [6, 6.07) is 10.8. The van der Waals surface area contributed by atoms with E-state index in [0.29, 0.717) is 45.2 Å². The largest absolute Gasteiger partial charge is 0.507 e. The van der Waals surface area contributed by atoms with Gasteiger partial charge in [0.05, 0.1) is 30.8 Å². The van der Waals surface area contributed by atoms with Crippen molar-refractivity contribution in [2.24, 2.45) is 0 Å². The number of pyridine rings is 1. The molecule has 0 bridgehead atoms. The molecule has 0 amide bonds. The molecule has 0 unspecified atom stereocenters. The van der Waals surface area contributed by atoms with E-state index in [-0.39, 0.29) is 17.7 Å². The smallest absolute Gasteiger partial charge is 0.258 e. The summed E-state index contributed by atoms with van der Waals surface area (Å²) < 4.78 is 24.2. The second-order valence-corrected chi connectivity index (χ2v) is 7.08. The molecule has 0 atom stereocenters. The number of aryl methyl sites for hydroxylation is 1. The molecule has 0 saturated carbocycles. The van der Waals surface area contributed by atoms with Crippen molar-refractivity contribution < 1.29 is 19.0 Å². The molecule has 0 aliphatic heterocycles. The Labute approximate surface area is 177 Å². The van der Waals surface area contributed by atoms with E-state index in [2.05, 4.69) is 15.0 Å². The summed E-state index contributed by atoms with van der Waals surface area (Å²) in [7, 11) is 3.01. The first-order valence-electron chi connectivity index (χ1n) is 9.49. The Morgan fingerprint density at radius 1 is 1.03 bits per heavy atom. The van der Waals surface area contributed by atoms with Gasteiger partial charge >= 0.3 is 0 Å². The molecule has 2 N–H and O–H groups in total. The molecule has 2 heterocycles. The summed E-state index contributed by atoms with van der Waals surface area (Å²) in [6.45, 7) is 1.68. The first-order valence-corrected chi connectivity index (χ1v) is 9.49. The highest BCUT2D eigenvalue weighted by Gasteiger charge is 2.13. The van der Waals surface area contributed by atoms with Crippen molar-refractivity contribution in [3.05, 3.63) is 75.7 Å². The molecule has 0 aliphatic carbocycles. The summed E-state index contributed by atoms with van der Waals surface area (Å²) >= 11 is 0. The molecule has 2 aromatic heterocycles. The summed E-state index contributed by atoms with van der Waals surface area (Å²) in [4.78, 5) is 24.1. The molecule has 7 nitrogen and oxygen atoms in total. The van der Waals surface area contributed by atoms with Crippen molar-refractivity contribution in [3.63, 3.8) is 0 Å². The topological polar surface area (TPSA) is 97.3 Å². The van der Waals surface area contributed by atoms with Gasteiger partial charge in [0.25, 0.3) is 5.56 Å². The fourth-order valence-electron chi connectivity index (χ4n) is 3.46. The number of rotatable bonds is 5. The molecule has 4 aromatic rings. The lowest BCUT2D eigenvalue weighted by Crippen LogP contribution is -2.12. The van der Waals surface area contributed by atoms with E-state index in [1.807, 2.05) is 0 Å². The fraction of sp³-hybridized carbons (Fsp3) is 0.174. The summed E-state index contributed by atoms with van der Waals surface area (Å²) in [5.74, 6) is 0.882. The van der Waals surface area contributed by atoms with Crippen LogP contribution in [0, 0.1) is 12.7 Å². The molecule has 4 rings (SSSR count). The number of nitrogens with zero attached hydrogens (tertiary/aromatic N) is 2. The molecule has 158 valence electrons. The van der Waals surface area contributed by atoms with E-state index in [4.69, 9.17) is 9.47 Å². The van der Waals surface area contributed by atoms with Gasteiger partial charge in [-0.05, 0) is 36.8 Å². The minimum absolute atomic E-state index is 0.0375. The maximum atomic E-state index is 13.7. The number of H-pyrrole nitrogens is 1. The summed E-state index contributed by atoms with van der Waals surface area (Å²) in [6.07, 6.45) is 0.281. The van der Waals surface area contributed by atoms with Gasteiger partial charge in [0.2, 0.25) is 0 Å². The van der Waals surface area contributed by atoms with E-state index in [0.717, 1.165) is 5.56 Å². The third-order valence-electron chi connectivity index (χ3n) is 4.89. The second kappa shape index (κ2) is 8.06. The number of aromatic nitrogens is 3. The van der Waals surface area contributed by atoms with Crippen LogP contribution in [-0.2, 0) is 6.42 Å². The van der Waals surface area contributed by atoms with Crippen molar-refractivity contribution in [2.75, 3.05) is 14.2 Å². The van der Waals surface area contributed by atoms with Crippen molar-refractivity contribution >= 4 is 10.9 Å². The number of fused-ring (bicyclic) bond motifs is 1. The van der Waals surface area contributed by atoms with Crippen LogP contribution in [0.4, 0.5) is 4.39 Å². The number of nitrogens with one attached hydrogen (secondary N) is 1. The average Bonchev–Trinajstić information content (AvgIpc) is 2.72. The van der Waals surface area contributed by atoms with E-state index < -0.39 is 5.82 Å². The number of phenolic OH excluding ortho intramolecular Hbond substituents is 1. The van der Waals surface area contributed by atoms with Gasteiger partial charge in [-0.25, -0.2) is 9.37 Å². The SMILES string of the molecule is COc1cc2nc(Cc3ccc(-c4cc(F)cc(C)n4)c(O)c3)[nH]c(=O)c2cc1OC. The molecule has 0 radical (unpaired) electrons. The Hall–Kier alpha value is -3.94. The molecular formula is C23H20FN3O4. The van der Waals surface area contributed by atoms with Crippen LogP contribution in [0.15, 0.2) is 47.3 Å². The van der Waals surface area contributed by atoms with Gasteiger partial charge in [-0.3, -0.25) is 9.78 Å². The standard InChI is InChI=1S/C23H20FN3O4/c1-12-6-14(24)9-17(25-12)15-5-4-13(7-19(15)28)8-22-26-18-11-21(31-3)20(30-2)10-16(18)23(29)27-22/h4-7,9-11,28H,8H2,1-3H3,(H,26,27,29).